The van der Waals surface area contributed by atoms with Gasteiger partial charge in [0.05, 0.1) is 5.56 Å². The number of ketones is 1. The third-order valence-electron chi connectivity index (χ3n) is 6.81. The van der Waals surface area contributed by atoms with Crippen LogP contribution in [-0.2, 0) is 19.1 Å². The van der Waals surface area contributed by atoms with Crippen LogP contribution in [0.25, 0.3) is 6.08 Å². The number of hydrogen-bond acceptors (Lipinski definition) is 8. The van der Waals surface area contributed by atoms with E-state index in [4.69, 9.17) is 9.47 Å². The lowest BCUT2D eigenvalue weighted by molar-refractivity contribution is -0.121. The highest BCUT2D eigenvalue weighted by molar-refractivity contribution is 6.28. The van der Waals surface area contributed by atoms with Gasteiger partial charge >= 0.3 is 6.09 Å². The van der Waals surface area contributed by atoms with E-state index in [2.05, 4.69) is 45.0 Å². The van der Waals surface area contributed by atoms with Gasteiger partial charge in [-0.25, -0.2) is 4.79 Å². The van der Waals surface area contributed by atoms with Gasteiger partial charge in [0.25, 0.3) is 11.8 Å². The topological polar surface area (TPSA) is 154 Å². The molecule has 3 rings (SSSR count). The number of nitrogens with zero attached hydrogens (tertiary/aromatic N) is 1. The number of para-hydroxylation sites is 1. The smallest absolute Gasteiger partial charge is 0.407 e. The number of aromatic nitrogens is 1. The van der Waals surface area contributed by atoms with E-state index in [-0.39, 0.29) is 36.2 Å². The summed E-state index contributed by atoms with van der Waals surface area (Å²) in [5.41, 5.74) is 2.05. The van der Waals surface area contributed by atoms with Gasteiger partial charge in [-0.15, -0.1) is 0 Å². The summed E-state index contributed by atoms with van der Waals surface area (Å²) < 4.78 is 11.1. The van der Waals surface area contributed by atoms with Crippen LogP contribution in [0.4, 0.5) is 10.5 Å². The van der Waals surface area contributed by atoms with E-state index in [0.717, 1.165) is 19.6 Å². The van der Waals surface area contributed by atoms with Gasteiger partial charge in [0.15, 0.2) is 11.3 Å². The van der Waals surface area contributed by atoms with Crippen molar-refractivity contribution < 1.29 is 28.7 Å². The number of ether oxygens (including phenoxy) is 2. The minimum Gasteiger partial charge on any atom is -0.444 e. The molecular formula is C32H44N6O6. The van der Waals surface area contributed by atoms with Crippen molar-refractivity contribution >= 4 is 35.5 Å². The number of Topliss-reactive ketones (excluding diaryl/α,β-unsaturated/α-hetero) is 1. The van der Waals surface area contributed by atoms with Crippen molar-refractivity contribution in [1.82, 2.24) is 25.8 Å². The van der Waals surface area contributed by atoms with E-state index in [0.29, 0.717) is 34.7 Å². The molecule has 1 aromatic heterocycles. The second-order valence-corrected chi connectivity index (χ2v) is 11.3. The normalized spacial score (nSPS) is 14.1. The number of H-pyrrole nitrogens is 1. The zero-order chi connectivity index (χ0) is 32.4. The highest BCUT2D eigenvalue weighted by Crippen LogP contribution is 2.29. The Balaban J connectivity index is 1.77. The summed E-state index contributed by atoms with van der Waals surface area (Å²) in [5.74, 6) is -1.62. The average molecular weight is 609 g/mol. The van der Waals surface area contributed by atoms with Crippen LogP contribution in [-0.4, -0.2) is 78.4 Å². The molecule has 0 aliphatic carbocycles. The Morgan fingerprint density at radius 2 is 1.59 bits per heavy atom. The fourth-order valence-electron chi connectivity index (χ4n) is 4.56. The molecule has 0 saturated heterocycles. The molecule has 12 nitrogen and oxygen atoms in total. The summed E-state index contributed by atoms with van der Waals surface area (Å²) in [6.07, 6.45) is 0.880. The lowest BCUT2D eigenvalue weighted by atomic mass is 10.1. The van der Waals surface area contributed by atoms with Crippen LogP contribution >= 0.6 is 0 Å². The Bertz CT molecular complexity index is 1420. The monoisotopic (exact) mass is 608 g/mol. The molecule has 1 aliphatic heterocycles. The first-order chi connectivity index (χ1) is 20.8. The van der Waals surface area contributed by atoms with Crippen molar-refractivity contribution in [2.75, 3.05) is 44.6 Å². The van der Waals surface area contributed by atoms with Crippen molar-refractivity contribution in [2.24, 2.45) is 0 Å². The standard InChI is InChI=1S/C32H44N6O6/c1-8-38(9-2)18-17-34-28(40)25-20(3)23(36-21(25)4)19-24-27(39)26(30(43-24)37-22-13-11-10-12-14-22)29(41)33-15-16-35-31(42)44-32(5,6)7/h10-14,19,36-37H,8-9,15-18H2,1-7H3,(H,33,41)(H,34,40)(H,35,42)/b24-19+. The number of alkyl carbamates (subject to hydrolysis) is 1. The Kier molecular flexibility index (Phi) is 11.7. The number of carbonyl (C=O) groups is 4. The van der Waals surface area contributed by atoms with Gasteiger partial charge in [0, 0.05) is 49.3 Å². The molecule has 3 amide bonds. The van der Waals surface area contributed by atoms with Crippen LogP contribution in [0.3, 0.4) is 0 Å². The second kappa shape index (κ2) is 15.2. The lowest BCUT2D eigenvalue weighted by Crippen LogP contribution is -2.38. The van der Waals surface area contributed by atoms with Gasteiger partial charge in [-0.05, 0) is 65.4 Å². The zero-order valence-corrected chi connectivity index (χ0v) is 26.6. The number of nitrogens with one attached hydrogen (secondary N) is 5. The molecule has 1 aromatic carbocycles. The largest absolute Gasteiger partial charge is 0.444 e. The quantitative estimate of drug-likeness (QED) is 0.131. The van der Waals surface area contributed by atoms with E-state index in [9.17, 15) is 19.2 Å². The number of aryl methyl sites for hydroxylation is 1. The molecule has 12 heteroatoms. The number of anilines is 1. The summed E-state index contributed by atoms with van der Waals surface area (Å²) in [4.78, 5) is 57.0. The minimum absolute atomic E-state index is 0.0275. The van der Waals surface area contributed by atoms with E-state index in [1.807, 2.05) is 6.07 Å². The second-order valence-electron chi connectivity index (χ2n) is 11.3. The van der Waals surface area contributed by atoms with E-state index in [1.165, 1.54) is 6.08 Å². The Labute approximate surface area is 258 Å². The van der Waals surface area contributed by atoms with Crippen LogP contribution in [0.1, 0.15) is 61.9 Å². The number of hydrogen-bond donors (Lipinski definition) is 5. The van der Waals surface area contributed by atoms with Crippen molar-refractivity contribution in [3.05, 3.63) is 70.1 Å². The first-order valence-electron chi connectivity index (χ1n) is 14.8. The summed E-state index contributed by atoms with van der Waals surface area (Å²) in [6.45, 7) is 16.2. The summed E-state index contributed by atoms with van der Waals surface area (Å²) in [7, 11) is 0. The highest BCUT2D eigenvalue weighted by Gasteiger charge is 2.36. The van der Waals surface area contributed by atoms with Crippen LogP contribution in [0.2, 0.25) is 0 Å². The molecule has 0 radical (unpaired) electrons. The molecule has 0 unspecified atom stereocenters. The van der Waals surface area contributed by atoms with Crippen molar-refractivity contribution in [3.8, 4) is 0 Å². The lowest BCUT2D eigenvalue weighted by Gasteiger charge is -2.19. The average Bonchev–Trinajstić information content (AvgIpc) is 3.42. The summed E-state index contributed by atoms with van der Waals surface area (Å²) in [6, 6.07) is 8.99. The molecule has 5 N–H and O–H groups in total. The number of carbonyl (C=O) groups excluding carboxylic acids is 4. The van der Waals surface area contributed by atoms with Gasteiger partial charge in [-0.1, -0.05) is 32.0 Å². The van der Waals surface area contributed by atoms with Crippen LogP contribution in [0, 0.1) is 13.8 Å². The molecule has 238 valence electrons. The van der Waals surface area contributed by atoms with Gasteiger partial charge < -0.3 is 40.6 Å². The molecule has 0 fully saturated rings. The number of allylic oxidation sites excluding steroid dienone is 1. The first-order valence-corrected chi connectivity index (χ1v) is 14.8. The molecule has 2 heterocycles. The minimum atomic E-state index is -0.671. The molecule has 0 saturated carbocycles. The van der Waals surface area contributed by atoms with Gasteiger partial charge in [-0.3, -0.25) is 14.4 Å². The SMILES string of the molecule is CCN(CC)CCNC(=O)c1c(C)[nH]c(/C=C2/OC(Nc3ccccc3)=C(C(=O)NCCNC(=O)OC(C)(C)C)C2=O)c1C. The van der Waals surface area contributed by atoms with E-state index in [1.54, 1.807) is 58.9 Å². The number of rotatable bonds is 13. The molecule has 44 heavy (non-hydrogen) atoms. The van der Waals surface area contributed by atoms with Crippen LogP contribution in [0.5, 0.6) is 0 Å². The summed E-state index contributed by atoms with van der Waals surface area (Å²) in [5, 5.41) is 11.2. The molecule has 1 aliphatic rings. The maximum absolute atomic E-state index is 13.5. The Morgan fingerprint density at radius 1 is 0.955 bits per heavy atom. The molecule has 0 bridgehead atoms. The highest BCUT2D eigenvalue weighted by atomic mass is 16.6. The van der Waals surface area contributed by atoms with Gasteiger partial charge in [0.2, 0.25) is 11.7 Å². The predicted octanol–water partition coefficient (Wildman–Crippen LogP) is 3.61. The number of aromatic amines is 1. The van der Waals surface area contributed by atoms with Crippen LogP contribution < -0.4 is 21.3 Å². The number of benzene rings is 1. The fraction of sp³-hybridized carbons (Fsp3) is 0.438. The fourth-order valence-corrected chi connectivity index (χ4v) is 4.56. The first kappa shape index (κ1) is 33.9. The Morgan fingerprint density at radius 3 is 2.23 bits per heavy atom. The maximum atomic E-state index is 13.5. The van der Waals surface area contributed by atoms with Gasteiger partial charge in [-0.2, -0.15) is 0 Å². The third-order valence-corrected chi connectivity index (χ3v) is 6.81. The summed E-state index contributed by atoms with van der Waals surface area (Å²) >= 11 is 0. The molecule has 0 atom stereocenters. The van der Waals surface area contributed by atoms with Gasteiger partial charge in [0.1, 0.15) is 5.60 Å². The number of likely N-dealkylation sites (N-methyl/N-ethyl adjacent to an activating group) is 1. The number of amides is 3. The van der Waals surface area contributed by atoms with E-state index >= 15 is 0 Å². The van der Waals surface area contributed by atoms with E-state index < -0.39 is 23.4 Å². The maximum Gasteiger partial charge on any atom is 0.407 e. The third kappa shape index (κ3) is 9.21. The van der Waals surface area contributed by atoms with Crippen molar-refractivity contribution in [1.29, 1.82) is 0 Å². The molecule has 0 spiro atoms. The molecule has 2 aromatic rings. The Hall–Kier alpha value is -4.58. The van der Waals surface area contributed by atoms with Crippen molar-refractivity contribution in [3.63, 3.8) is 0 Å². The van der Waals surface area contributed by atoms with Crippen molar-refractivity contribution in [2.45, 2.75) is 54.1 Å². The van der Waals surface area contributed by atoms with Crippen LogP contribution in [0.15, 0.2) is 47.5 Å². The molecular weight excluding hydrogens is 564 g/mol. The zero-order valence-electron chi connectivity index (χ0n) is 26.6. The predicted molar refractivity (Wildman–Crippen MR) is 169 cm³/mol.